The van der Waals surface area contributed by atoms with Crippen LogP contribution in [-0.4, -0.2) is 11.7 Å². The van der Waals surface area contributed by atoms with Gasteiger partial charge in [0.1, 0.15) is 5.78 Å². The van der Waals surface area contributed by atoms with E-state index in [1.165, 1.54) is 0 Å². The van der Waals surface area contributed by atoms with Gasteiger partial charge in [0, 0.05) is 25.2 Å². The van der Waals surface area contributed by atoms with Crippen LogP contribution in [0.5, 0.6) is 0 Å². The standard InChI is InChI=1S/C12H18F2O/c1-2-3-4-5-11(15)10-6-8-12(13,14)9-7-10/h2,10H,1,3-9H2. The molecule has 0 radical (unpaired) electrons. The van der Waals surface area contributed by atoms with Crippen LogP contribution in [0.3, 0.4) is 0 Å². The summed E-state index contributed by atoms with van der Waals surface area (Å²) in [5.41, 5.74) is 0. The summed E-state index contributed by atoms with van der Waals surface area (Å²) in [4.78, 5) is 11.6. The maximum absolute atomic E-state index is 12.8. The molecule has 15 heavy (non-hydrogen) atoms. The molecule has 1 saturated carbocycles. The van der Waals surface area contributed by atoms with Crippen molar-refractivity contribution >= 4 is 5.78 Å². The highest BCUT2D eigenvalue weighted by Crippen LogP contribution is 2.36. The van der Waals surface area contributed by atoms with Crippen molar-refractivity contribution in [2.24, 2.45) is 5.92 Å². The fourth-order valence-electron chi connectivity index (χ4n) is 1.99. The first-order valence-corrected chi connectivity index (χ1v) is 5.56. The molecule has 0 amide bonds. The van der Waals surface area contributed by atoms with Gasteiger partial charge in [0.25, 0.3) is 0 Å². The third-order valence-corrected chi connectivity index (χ3v) is 3.00. The Kier molecular flexibility index (Phi) is 4.43. The van der Waals surface area contributed by atoms with E-state index >= 15 is 0 Å². The molecule has 0 bridgehead atoms. The Hall–Kier alpha value is -0.730. The van der Waals surface area contributed by atoms with Crippen LogP contribution in [0.2, 0.25) is 0 Å². The number of alkyl halides is 2. The lowest BCUT2D eigenvalue weighted by Gasteiger charge is -2.27. The monoisotopic (exact) mass is 216 g/mol. The lowest BCUT2D eigenvalue weighted by atomic mass is 9.83. The third kappa shape index (κ3) is 4.10. The van der Waals surface area contributed by atoms with Gasteiger partial charge in [-0.05, 0) is 25.7 Å². The van der Waals surface area contributed by atoms with Crippen molar-refractivity contribution in [1.29, 1.82) is 0 Å². The lowest BCUT2D eigenvalue weighted by Crippen LogP contribution is -2.28. The highest BCUT2D eigenvalue weighted by Gasteiger charge is 2.36. The number of hydrogen-bond donors (Lipinski definition) is 0. The van der Waals surface area contributed by atoms with Crippen LogP contribution in [0.25, 0.3) is 0 Å². The van der Waals surface area contributed by atoms with Crippen molar-refractivity contribution in [3.05, 3.63) is 12.7 Å². The van der Waals surface area contributed by atoms with Crippen LogP contribution < -0.4 is 0 Å². The zero-order valence-corrected chi connectivity index (χ0v) is 8.98. The minimum atomic E-state index is -2.53. The zero-order valence-electron chi connectivity index (χ0n) is 8.98. The SMILES string of the molecule is C=CCCCC(=O)C1CCC(F)(F)CC1. The van der Waals surface area contributed by atoms with Crippen LogP contribution in [0.1, 0.15) is 44.9 Å². The number of Topliss-reactive ketones (excluding diaryl/α,β-unsaturated/α-hetero) is 1. The fraction of sp³-hybridized carbons (Fsp3) is 0.750. The number of carbonyl (C=O) groups is 1. The molecule has 0 aliphatic heterocycles. The van der Waals surface area contributed by atoms with E-state index in [4.69, 9.17) is 0 Å². The van der Waals surface area contributed by atoms with E-state index in [1.54, 1.807) is 6.08 Å². The van der Waals surface area contributed by atoms with E-state index in [1.807, 2.05) is 0 Å². The van der Waals surface area contributed by atoms with Gasteiger partial charge in [0.05, 0.1) is 0 Å². The van der Waals surface area contributed by atoms with E-state index < -0.39 is 5.92 Å². The molecule has 0 N–H and O–H groups in total. The number of allylic oxidation sites excluding steroid dienone is 1. The maximum Gasteiger partial charge on any atom is 0.248 e. The topological polar surface area (TPSA) is 17.1 Å². The number of unbranched alkanes of at least 4 members (excludes halogenated alkanes) is 1. The molecule has 3 heteroatoms. The number of rotatable bonds is 5. The lowest BCUT2D eigenvalue weighted by molar-refractivity contribution is -0.127. The molecule has 1 aliphatic rings. The first-order valence-electron chi connectivity index (χ1n) is 5.56. The van der Waals surface area contributed by atoms with Crippen molar-refractivity contribution in [3.63, 3.8) is 0 Å². The zero-order chi connectivity index (χ0) is 11.3. The minimum Gasteiger partial charge on any atom is -0.299 e. The van der Waals surface area contributed by atoms with Crippen LogP contribution in [-0.2, 0) is 4.79 Å². The summed E-state index contributed by atoms with van der Waals surface area (Å²) in [6.45, 7) is 3.58. The van der Waals surface area contributed by atoms with Gasteiger partial charge in [-0.15, -0.1) is 6.58 Å². The second-order valence-corrected chi connectivity index (χ2v) is 4.28. The van der Waals surface area contributed by atoms with E-state index in [2.05, 4.69) is 6.58 Å². The molecule has 0 aromatic rings. The summed E-state index contributed by atoms with van der Waals surface area (Å²) >= 11 is 0. The van der Waals surface area contributed by atoms with Crippen LogP contribution in [0.4, 0.5) is 8.78 Å². The molecule has 0 aromatic heterocycles. The first kappa shape index (κ1) is 12.3. The Bertz CT molecular complexity index is 226. The number of carbonyl (C=O) groups excluding carboxylic acids is 1. The Morgan fingerprint density at radius 3 is 2.53 bits per heavy atom. The van der Waals surface area contributed by atoms with Crippen molar-refractivity contribution in [1.82, 2.24) is 0 Å². The maximum atomic E-state index is 12.8. The van der Waals surface area contributed by atoms with Gasteiger partial charge in [-0.2, -0.15) is 0 Å². The van der Waals surface area contributed by atoms with Crippen molar-refractivity contribution in [2.45, 2.75) is 50.9 Å². The van der Waals surface area contributed by atoms with Gasteiger partial charge in [-0.25, -0.2) is 8.78 Å². The van der Waals surface area contributed by atoms with Crippen molar-refractivity contribution in [2.75, 3.05) is 0 Å². The molecular formula is C12H18F2O. The molecule has 0 aromatic carbocycles. The minimum absolute atomic E-state index is 0.116. The summed E-state index contributed by atoms with van der Waals surface area (Å²) in [6, 6.07) is 0. The third-order valence-electron chi connectivity index (χ3n) is 3.00. The van der Waals surface area contributed by atoms with Gasteiger partial charge in [-0.1, -0.05) is 6.08 Å². The molecule has 1 fully saturated rings. The summed E-state index contributed by atoms with van der Waals surface area (Å²) in [6.07, 6.45) is 4.41. The summed E-state index contributed by atoms with van der Waals surface area (Å²) < 4.78 is 25.6. The van der Waals surface area contributed by atoms with E-state index in [0.717, 1.165) is 12.8 Å². The van der Waals surface area contributed by atoms with Gasteiger partial charge in [0.15, 0.2) is 0 Å². The molecular weight excluding hydrogens is 198 g/mol. The van der Waals surface area contributed by atoms with Crippen molar-refractivity contribution < 1.29 is 13.6 Å². The number of ketones is 1. The molecule has 86 valence electrons. The number of hydrogen-bond acceptors (Lipinski definition) is 1. The van der Waals surface area contributed by atoms with Crippen LogP contribution >= 0.6 is 0 Å². The van der Waals surface area contributed by atoms with Gasteiger partial charge in [0.2, 0.25) is 5.92 Å². The smallest absolute Gasteiger partial charge is 0.248 e. The second-order valence-electron chi connectivity index (χ2n) is 4.28. The largest absolute Gasteiger partial charge is 0.299 e. The molecule has 0 atom stereocenters. The summed E-state index contributed by atoms with van der Waals surface area (Å²) in [7, 11) is 0. The Morgan fingerprint density at radius 1 is 1.40 bits per heavy atom. The summed E-state index contributed by atoms with van der Waals surface area (Å²) in [5, 5.41) is 0. The normalized spacial score (nSPS) is 21.2. The Morgan fingerprint density at radius 2 is 2.00 bits per heavy atom. The van der Waals surface area contributed by atoms with E-state index in [9.17, 15) is 13.6 Å². The molecule has 0 spiro atoms. The first-order chi connectivity index (χ1) is 7.05. The Labute approximate surface area is 89.6 Å². The highest BCUT2D eigenvalue weighted by molar-refractivity contribution is 5.81. The average molecular weight is 216 g/mol. The predicted octanol–water partition coefficient (Wildman–Crippen LogP) is 3.74. The summed E-state index contributed by atoms with van der Waals surface area (Å²) in [5.74, 6) is -2.49. The number of halogens is 2. The van der Waals surface area contributed by atoms with Gasteiger partial charge >= 0.3 is 0 Å². The highest BCUT2D eigenvalue weighted by atomic mass is 19.3. The van der Waals surface area contributed by atoms with Gasteiger partial charge < -0.3 is 0 Å². The van der Waals surface area contributed by atoms with Crippen LogP contribution in [0, 0.1) is 5.92 Å². The molecule has 1 aliphatic carbocycles. The van der Waals surface area contributed by atoms with Crippen LogP contribution in [0.15, 0.2) is 12.7 Å². The molecule has 0 heterocycles. The fourth-order valence-corrected chi connectivity index (χ4v) is 1.99. The Balaban J connectivity index is 2.27. The second kappa shape index (κ2) is 5.38. The molecule has 1 rings (SSSR count). The van der Waals surface area contributed by atoms with E-state index in [-0.39, 0.29) is 24.5 Å². The predicted molar refractivity (Wildman–Crippen MR) is 56.0 cm³/mol. The van der Waals surface area contributed by atoms with E-state index in [0.29, 0.717) is 19.3 Å². The molecule has 1 nitrogen and oxygen atoms in total. The average Bonchev–Trinajstić information content (AvgIpc) is 2.18. The van der Waals surface area contributed by atoms with Crippen molar-refractivity contribution in [3.8, 4) is 0 Å². The van der Waals surface area contributed by atoms with Gasteiger partial charge in [-0.3, -0.25) is 4.79 Å². The molecule has 0 unspecified atom stereocenters. The quantitative estimate of drug-likeness (QED) is 0.505. The molecule has 0 saturated heterocycles.